The van der Waals surface area contributed by atoms with Crippen molar-refractivity contribution in [3.8, 4) is 0 Å². The van der Waals surface area contributed by atoms with Crippen LogP contribution in [0, 0.1) is 0 Å². The van der Waals surface area contributed by atoms with Gasteiger partial charge in [0, 0.05) is 11.8 Å². The Kier molecular flexibility index (Phi) is 4.59. The van der Waals surface area contributed by atoms with Crippen LogP contribution >= 0.6 is 15.2 Å². The summed E-state index contributed by atoms with van der Waals surface area (Å²) in [6.45, 7) is -0.768. The Morgan fingerprint density at radius 3 is 1.69 bits per heavy atom. The number of nitrogens with zero attached hydrogens (tertiary/aromatic N) is 1. The Bertz CT molecular complexity index is 343. The van der Waals surface area contributed by atoms with Crippen molar-refractivity contribution in [2.45, 2.75) is 4.23 Å². The van der Waals surface area contributed by atoms with Gasteiger partial charge in [0.2, 0.25) is 0 Å². The summed E-state index contributed by atoms with van der Waals surface area (Å²) in [4.78, 5) is 39.8. The van der Waals surface area contributed by atoms with Crippen LogP contribution in [0.15, 0.2) is 0 Å². The van der Waals surface area contributed by atoms with Crippen molar-refractivity contribution in [2.24, 2.45) is 0 Å². The zero-order valence-corrected chi connectivity index (χ0v) is 11.5. The van der Waals surface area contributed by atoms with Crippen molar-refractivity contribution in [2.75, 3.05) is 27.7 Å². The molecule has 1 unspecified atom stereocenters. The van der Waals surface area contributed by atoms with E-state index in [4.69, 9.17) is 9.79 Å². The summed E-state index contributed by atoms with van der Waals surface area (Å²) in [5.41, 5.74) is 0. The van der Waals surface area contributed by atoms with Gasteiger partial charge in [-0.3, -0.25) is 4.57 Å². The van der Waals surface area contributed by atoms with Gasteiger partial charge in [0.25, 0.3) is 0 Å². The molecule has 0 aliphatic heterocycles. The van der Waals surface area contributed by atoms with Crippen molar-refractivity contribution in [3.05, 3.63) is 0 Å². The minimum atomic E-state index is -5.75. The molecule has 96 valence electrons. The van der Waals surface area contributed by atoms with E-state index in [1.54, 1.807) is 0 Å². The largest absolute Gasteiger partial charge is 0.806 e. The third-order valence-electron chi connectivity index (χ3n) is 1.70. The highest BCUT2D eigenvalue weighted by Gasteiger charge is 2.67. The molecular weight excluding hydrogens is 280 g/mol. The van der Waals surface area contributed by atoms with Gasteiger partial charge < -0.3 is 28.6 Å². The predicted octanol–water partition coefficient (Wildman–Crippen LogP) is -2.13. The lowest BCUT2D eigenvalue weighted by molar-refractivity contribution is -0.870. The van der Waals surface area contributed by atoms with Crippen LogP contribution in [-0.2, 0) is 25.0 Å². The minimum absolute atomic E-state index is 0.241. The van der Waals surface area contributed by atoms with Crippen molar-refractivity contribution in [1.82, 2.24) is 0 Å². The van der Waals surface area contributed by atoms with E-state index >= 15 is 0 Å². The molecule has 0 saturated heterocycles. The molecule has 0 rings (SSSR count). The van der Waals surface area contributed by atoms with E-state index in [-0.39, 0.29) is 4.48 Å². The molecule has 0 aliphatic carbocycles. The molecule has 11 heteroatoms. The van der Waals surface area contributed by atoms with E-state index in [1.807, 2.05) is 0 Å². The highest BCUT2D eigenvalue weighted by molar-refractivity contribution is 7.93. The molecule has 0 heterocycles. The summed E-state index contributed by atoms with van der Waals surface area (Å²) < 4.78 is 29.4. The summed E-state index contributed by atoms with van der Waals surface area (Å²) in [5.74, 6) is 0. The fraction of sp³-hybridized carbons (Fsp3) is 1.00. The number of hydrogen-bond acceptors (Lipinski definition) is 5. The van der Waals surface area contributed by atoms with Crippen LogP contribution in [0.25, 0.3) is 0 Å². The lowest BCUT2D eigenvalue weighted by Gasteiger charge is -2.39. The molecule has 8 nitrogen and oxygen atoms in total. The molecule has 16 heavy (non-hydrogen) atoms. The quantitative estimate of drug-likeness (QED) is 0.335. The van der Waals surface area contributed by atoms with Crippen molar-refractivity contribution < 1.29 is 37.4 Å². The maximum atomic E-state index is 11.1. The smallest absolute Gasteiger partial charge is 0.491 e. The van der Waals surface area contributed by atoms with E-state index in [0.717, 1.165) is 0 Å². The summed E-state index contributed by atoms with van der Waals surface area (Å²) >= 11 is -0.859. The molecule has 0 aromatic heterocycles. The Balaban J connectivity index is 5.80. The molecule has 1 atom stereocenters. The first-order valence-corrected chi connectivity index (χ1v) is 7.86. The first-order chi connectivity index (χ1) is 6.77. The van der Waals surface area contributed by atoms with Crippen LogP contribution < -0.4 is 9.79 Å². The van der Waals surface area contributed by atoms with Gasteiger partial charge in [-0.25, -0.2) is 0 Å². The van der Waals surface area contributed by atoms with Crippen LogP contribution in [-0.4, -0.2) is 46.2 Å². The van der Waals surface area contributed by atoms with Gasteiger partial charge in [0.15, 0.2) is 6.54 Å². The molecule has 0 aromatic carbocycles. The Labute approximate surface area is 96.7 Å². The first-order valence-electron chi connectivity index (χ1n) is 3.96. The van der Waals surface area contributed by atoms with Gasteiger partial charge in [-0.2, -0.15) is 0 Å². The average Bonchev–Trinajstić information content (AvgIpc) is 1.93. The zero-order chi connectivity index (χ0) is 13.4. The zero-order valence-electron chi connectivity index (χ0n) is 8.89. The van der Waals surface area contributed by atoms with Gasteiger partial charge >= 0.3 is 23.5 Å². The SMILES string of the molecule is C[N+](C)(C)CC([S+]=O)(P(=O)([O-])[O-])P(=O)(O)O. The van der Waals surface area contributed by atoms with E-state index in [2.05, 4.69) is 0 Å². The highest BCUT2D eigenvalue weighted by Crippen LogP contribution is 2.65. The monoisotopic (exact) mass is 293 g/mol. The Hall–Kier alpha value is 0.280. The fourth-order valence-electron chi connectivity index (χ4n) is 1.08. The lowest BCUT2D eigenvalue weighted by Crippen LogP contribution is -2.52. The van der Waals surface area contributed by atoms with Crippen molar-refractivity contribution >= 4 is 26.9 Å². The normalized spacial score (nSPS) is 17.9. The van der Waals surface area contributed by atoms with E-state index < -0.39 is 37.6 Å². The third-order valence-corrected chi connectivity index (χ3v) is 7.49. The number of hydrogen-bond donors (Lipinski definition) is 2. The van der Waals surface area contributed by atoms with Crippen LogP contribution in [0.1, 0.15) is 0 Å². The van der Waals surface area contributed by atoms with Crippen molar-refractivity contribution in [1.29, 1.82) is 0 Å². The molecule has 0 radical (unpaired) electrons. The second-order valence-electron chi connectivity index (χ2n) is 4.32. The van der Waals surface area contributed by atoms with Gasteiger partial charge in [-0.1, -0.05) is 0 Å². The summed E-state index contributed by atoms with van der Waals surface area (Å²) in [6, 6.07) is 0. The van der Waals surface area contributed by atoms with E-state index in [0.29, 0.717) is 0 Å². The van der Waals surface area contributed by atoms with E-state index in [9.17, 15) is 23.1 Å². The Morgan fingerprint density at radius 2 is 1.62 bits per heavy atom. The minimum Gasteiger partial charge on any atom is -0.806 e. The topological polar surface area (TPSA) is 138 Å². The standard InChI is InChI=1S/C5H13NO7P2S/c1-6(2,3)4-5(16-13,14(7,8)9)15(10,11)12/h4H2,1-3H3,(H2-2,7,8,9,10,11,12). The van der Waals surface area contributed by atoms with Gasteiger partial charge in [-0.15, -0.1) is 0 Å². The molecule has 0 aromatic rings. The lowest BCUT2D eigenvalue weighted by atomic mass is 10.5. The van der Waals surface area contributed by atoms with Gasteiger partial charge in [0.1, 0.15) is 0 Å². The molecule has 0 saturated carbocycles. The second kappa shape index (κ2) is 4.51. The molecule has 0 amide bonds. The number of quaternary nitrogens is 1. The highest BCUT2D eigenvalue weighted by atomic mass is 32.2. The van der Waals surface area contributed by atoms with Gasteiger partial charge in [0.05, 0.1) is 21.1 Å². The Morgan fingerprint density at radius 1 is 1.25 bits per heavy atom. The molecule has 0 bridgehead atoms. The number of rotatable bonds is 5. The summed E-state index contributed by atoms with van der Waals surface area (Å²) in [5, 5.41) is 0. The van der Waals surface area contributed by atoms with Gasteiger partial charge in [-0.05, 0) is 0 Å². The van der Waals surface area contributed by atoms with Crippen LogP contribution in [0.4, 0.5) is 0 Å². The summed E-state index contributed by atoms with van der Waals surface area (Å²) in [7, 11) is -6.89. The molecule has 0 spiro atoms. The fourth-order valence-corrected chi connectivity index (χ4v) is 4.75. The van der Waals surface area contributed by atoms with Crippen LogP contribution in [0.2, 0.25) is 0 Å². The van der Waals surface area contributed by atoms with E-state index in [1.165, 1.54) is 21.1 Å². The third kappa shape index (κ3) is 3.38. The second-order valence-corrected chi connectivity index (χ2v) is 9.75. The maximum absolute atomic E-state index is 11.1. The molecule has 0 aliphatic rings. The molecule has 2 N–H and O–H groups in total. The molecular formula is C5H13NO7P2S. The predicted molar refractivity (Wildman–Crippen MR) is 53.3 cm³/mol. The van der Waals surface area contributed by atoms with Crippen LogP contribution in [0.5, 0.6) is 0 Å². The maximum Gasteiger partial charge on any atom is 0.491 e. The van der Waals surface area contributed by atoms with Crippen LogP contribution in [0.3, 0.4) is 0 Å². The average molecular weight is 293 g/mol. The first kappa shape index (κ1) is 16.3. The summed E-state index contributed by atoms with van der Waals surface area (Å²) in [6.07, 6.45) is 0. The van der Waals surface area contributed by atoms with Crippen molar-refractivity contribution in [3.63, 3.8) is 0 Å². The molecule has 0 fully saturated rings.